The van der Waals surface area contributed by atoms with Gasteiger partial charge in [-0.2, -0.15) is 4.98 Å². The Kier molecular flexibility index (Phi) is 5.31. The lowest BCUT2D eigenvalue weighted by molar-refractivity contribution is 0.0348. The van der Waals surface area contributed by atoms with Crippen LogP contribution in [0.1, 0.15) is 49.0 Å². The summed E-state index contributed by atoms with van der Waals surface area (Å²) in [7, 11) is 0. The zero-order valence-corrected chi connectivity index (χ0v) is 14.7. The lowest BCUT2D eigenvalue weighted by atomic mass is 9.77. The van der Waals surface area contributed by atoms with E-state index in [1.807, 2.05) is 12.1 Å². The second-order valence-electron chi connectivity index (χ2n) is 7.00. The van der Waals surface area contributed by atoms with Gasteiger partial charge in [0.2, 0.25) is 5.89 Å². The number of aromatic nitrogens is 2. The van der Waals surface area contributed by atoms with Crippen LogP contribution >= 0.6 is 0 Å². The first-order valence-electron chi connectivity index (χ1n) is 8.83. The van der Waals surface area contributed by atoms with Crippen LogP contribution in [0, 0.1) is 12.3 Å². The number of hydrogen-bond acceptors (Lipinski definition) is 5. The number of rotatable bonds is 6. The summed E-state index contributed by atoms with van der Waals surface area (Å²) in [6, 6.07) is 8.29. The van der Waals surface area contributed by atoms with Crippen molar-refractivity contribution in [1.29, 1.82) is 0 Å². The van der Waals surface area contributed by atoms with E-state index < -0.39 is 0 Å². The molecule has 0 unspecified atom stereocenters. The second-order valence-corrected chi connectivity index (χ2v) is 7.00. The van der Waals surface area contributed by atoms with Gasteiger partial charge in [-0.3, -0.25) is 4.90 Å². The predicted molar refractivity (Wildman–Crippen MR) is 92.6 cm³/mol. The Balaban J connectivity index is 1.56. The van der Waals surface area contributed by atoms with Gasteiger partial charge in [0.25, 0.3) is 0 Å². The molecule has 0 saturated carbocycles. The fourth-order valence-corrected chi connectivity index (χ4v) is 3.41. The third-order valence-corrected chi connectivity index (χ3v) is 5.48. The first kappa shape index (κ1) is 17.1. The monoisotopic (exact) mass is 329 g/mol. The molecular formula is C19H27N3O2. The topological polar surface area (TPSA) is 62.4 Å². The fraction of sp³-hybridized carbons (Fsp3) is 0.579. The molecule has 130 valence electrons. The third kappa shape index (κ3) is 3.84. The maximum absolute atomic E-state index is 9.62. The van der Waals surface area contributed by atoms with E-state index in [0.717, 1.165) is 38.2 Å². The molecule has 1 aliphatic rings. The van der Waals surface area contributed by atoms with E-state index in [1.165, 1.54) is 11.1 Å². The first-order valence-corrected chi connectivity index (χ1v) is 8.83. The van der Waals surface area contributed by atoms with Crippen molar-refractivity contribution in [2.75, 3.05) is 19.7 Å². The number of nitrogens with zero attached hydrogens (tertiary/aromatic N) is 3. The Hall–Kier alpha value is -1.72. The molecule has 1 N–H and O–H groups in total. The van der Waals surface area contributed by atoms with Gasteiger partial charge in [0.1, 0.15) is 0 Å². The van der Waals surface area contributed by atoms with Crippen molar-refractivity contribution in [2.24, 2.45) is 5.41 Å². The van der Waals surface area contributed by atoms with E-state index in [4.69, 9.17) is 4.52 Å². The molecule has 0 atom stereocenters. The van der Waals surface area contributed by atoms with Gasteiger partial charge >= 0.3 is 0 Å². The number of aryl methyl sites for hydroxylation is 1. The Bertz CT molecular complexity index is 654. The molecule has 0 aliphatic carbocycles. The highest BCUT2D eigenvalue weighted by molar-refractivity contribution is 5.27. The third-order valence-electron chi connectivity index (χ3n) is 5.48. The minimum absolute atomic E-state index is 0.112. The van der Waals surface area contributed by atoms with Gasteiger partial charge in [-0.15, -0.1) is 0 Å². The summed E-state index contributed by atoms with van der Waals surface area (Å²) in [6.07, 6.45) is 3.81. The lowest BCUT2D eigenvalue weighted by Crippen LogP contribution is -2.41. The molecule has 2 aromatic rings. The summed E-state index contributed by atoms with van der Waals surface area (Å²) in [5.41, 5.74) is 2.60. The molecule has 24 heavy (non-hydrogen) atoms. The quantitative estimate of drug-likeness (QED) is 0.883. The minimum atomic E-state index is 0.112. The summed E-state index contributed by atoms with van der Waals surface area (Å²) in [5.74, 6) is 1.43. The highest BCUT2D eigenvalue weighted by atomic mass is 16.5. The van der Waals surface area contributed by atoms with Crippen molar-refractivity contribution in [3.8, 4) is 0 Å². The van der Waals surface area contributed by atoms with Crippen LogP contribution in [0.15, 0.2) is 28.8 Å². The standard InChI is InChI=1S/C19H27N3O2/c1-3-19(14-23)8-10-22(11-9-19)13-18-20-17(21-24-18)12-16-7-5-4-6-15(16)2/h4-7,23H,3,8-14H2,1-2H3. The van der Waals surface area contributed by atoms with Gasteiger partial charge in [0.15, 0.2) is 5.82 Å². The Morgan fingerprint density at radius 2 is 2.00 bits per heavy atom. The molecule has 1 aromatic carbocycles. The first-order chi connectivity index (χ1) is 11.6. The number of aliphatic hydroxyl groups is 1. The molecule has 1 fully saturated rings. The van der Waals surface area contributed by atoms with Gasteiger partial charge in [-0.25, -0.2) is 0 Å². The van der Waals surface area contributed by atoms with E-state index >= 15 is 0 Å². The normalized spacial score (nSPS) is 18.0. The number of hydrogen-bond donors (Lipinski definition) is 1. The minimum Gasteiger partial charge on any atom is -0.396 e. The van der Waals surface area contributed by atoms with Gasteiger partial charge in [0, 0.05) is 13.0 Å². The molecule has 3 rings (SSSR count). The van der Waals surface area contributed by atoms with Crippen LogP contribution in [-0.2, 0) is 13.0 Å². The van der Waals surface area contributed by atoms with E-state index in [9.17, 15) is 5.11 Å². The zero-order chi connectivity index (χ0) is 17.0. The molecule has 0 amide bonds. The van der Waals surface area contributed by atoms with Crippen LogP contribution in [-0.4, -0.2) is 39.8 Å². The molecule has 1 aliphatic heterocycles. The highest BCUT2D eigenvalue weighted by Gasteiger charge is 2.32. The molecular weight excluding hydrogens is 302 g/mol. The van der Waals surface area contributed by atoms with Crippen LogP contribution in [0.2, 0.25) is 0 Å². The molecule has 0 bridgehead atoms. The average molecular weight is 329 g/mol. The summed E-state index contributed by atoms with van der Waals surface area (Å²) in [6.45, 7) is 7.21. The maximum Gasteiger partial charge on any atom is 0.240 e. The fourth-order valence-electron chi connectivity index (χ4n) is 3.41. The van der Waals surface area contributed by atoms with Crippen molar-refractivity contribution in [2.45, 2.75) is 46.1 Å². The van der Waals surface area contributed by atoms with Gasteiger partial charge < -0.3 is 9.63 Å². The van der Waals surface area contributed by atoms with Crippen molar-refractivity contribution >= 4 is 0 Å². The number of likely N-dealkylation sites (tertiary alicyclic amines) is 1. The molecule has 5 heteroatoms. The average Bonchev–Trinajstić information content (AvgIpc) is 3.05. The largest absolute Gasteiger partial charge is 0.396 e. The van der Waals surface area contributed by atoms with E-state index in [0.29, 0.717) is 25.5 Å². The Labute approximate surface area is 143 Å². The van der Waals surface area contributed by atoms with Crippen LogP contribution in [0.5, 0.6) is 0 Å². The van der Waals surface area contributed by atoms with Crippen molar-refractivity contribution in [1.82, 2.24) is 15.0 Å². The molecule has 0 spiro atoms. The summed E-state index contributed by atoms with van der Waals surface area (Å²) >= 11 is 0. The van der Waals surface area contributed by atoms with Gasteiger partial charge in [-0.05, 0) is 55.8 Å². The van der Waals surface area contributed by atoms with Crippen LogP contribution < -0.4 is 0 Å². The zero-order valence-electron chi connectivity index (χ0n) is 14.7. The van der Waals surface area contributed by atoms with Crippen LogP contribution in [0.4, 0.5) is 0 Å². The number of benzene rings is 1. The van der Waals surface area contributed by atoms with Gasteiger partial charge in [-0.1, -0.05) is 36.3 Å². The second kappa shape index (κ2) is 7.45. The van der Waals surface area contributed by atoms with Crippen molar-refractivity contribution in [3.05, 3.63) is 47.1 Å². The van der Waals surface area contributed by atoms with E-state index in [-0.39, 0.29) is 5.41 Å². The summed E-state index contributed by atoms with van der Waals surface area (Å²) in [5, 5.41) is 13.8. The molecule has 1 aromatic heterocycles. The van der Waals surface area contributed by atoms with E-state index in [2.05, 4.69) is 41.0 Å². The molecule has 0 radical (unpaired) electrons. The van der Waals surface area contributed by atoms with Crippen molar-refractivity contribution in [3.63, 3.8) is 0 Å². The highest BCUT2D eigenvalue weighted by Crippen LogP contribution is 2.34. The molecule has 5 nitrogen and oxygen atoms in total. The summed E-state index contributed by atoms with van der Waals surface area (Å²) in [4.78, 5) is 6.89. The van der Waals surface area contributed by atoms with Gasteiger partial charge in [0.05, 0.1) is 6.54 Å². The lowest BCUT2D eigenvalue weighted by Gasteiger charge is -2.39. The van der Waals surface area contributed by atoms with E-state index in [1.54, 1.807) is 0 Å². The Morgan fingerprint density at radius 1 is 1.25 bits per heavy atom. The number of piperidine rings is 1. The van der Waals surface area contributed by atoms with Crippen LogP contribution in [0.25, 0.3) is 0 Å². The predicted octanol–water partition coefficient (Wildman–Crippen LogP) is 2.95. The van der Waals surface area contributed by atoms with Crippen LogP contribution in [0.3, 0.4) is 0 Å². The Morgan fingerprint density at radius 3 is 2.67 bits per heavy atom. The maximum atomic E-state index is 9.62. The molecule has 2 heterocycles. The number of aliphatic hydroxyl groups excluding tert-OH is 1. The SMILES string of the molecule is CCC1(CO)CCN(Cc2nc(Cc3ccccc3C)no2)CC1. The summed E-state index contributed by atoms with van der Waals surface area (Å²) < 4.78 is 5.43. The molecule has 1 saturated heterocycles. The smallest absolute Gasteiger partial charge is 0.240 e. The van der Waals surface area contributed by atoms with Crippen molar-refractivity contribution < 1.29 is 9.63 Å².